The molecule has 5 nitrogen and oxygen atoms in total. The molecule has 0 aliphatic carbocycles. The summed E-state index contributed by atoms with van der Waals surface area (Å²) in [4.78, 5) is 17.0. The summed E-state index contributed by atoms with van der Waals surface area (Å²) in [7, 11) is 2.07. The van der Waals surface area contributed by atoms with Gasteiger partial charge in [0.2, 0.25) is 0 Å². The van der Waals surface area contributed by atoms with Gasteiger partial charge in [-0.25, -0.2) is 0 Å². The number of hydrogen-bond donors (Lipinski definition) is 1. The summed E-state index contributed by atoms with van der Waals surface area (Å²) >= 11 is 3.46. The molecule has 0 spiro atoms. The van der Waals surface area contributed by atoms with E-state index < -0.39 is 0 Å². The fourth-order valence-electron chi connectivity index (χ4n) is 2.67. The van der Waals surface area contributed by atoms with E-state index in [1.807, 2.05) is 21.7 Å². The first-order chi connectivity index (χ1) is 9.43. The van der Waals surface area contributed by atoms with Crippen LogP contribution >= 0.6 is 15.9 Å². The van der Waals surface area contributed by atoms with Crippen LogP contribution in [0.25, 0.3) is 0 Å². The first kappa shape index (κ1) is 15.5. The van der Waals surface area contributed by atoms with E-state index in [9.17, 15) is 4.79 Å². The quantitative estimate of drug-likeness (QED) is 0.906. The Balaban J connectivity index is 2.26. The number of carbonyl (C=O) groups excluding carboxylic acids is 1. The number of nitrogens with two attached hydrogens (primary N) is 1. The minimum Gasteiger partial charge on any atom is -0.340 e. The number of piperazine rings is 1. The smallest absolute Gasteiger partial charge is 0.270 e. The lowest BCUT2D eigenvalue weighted by atomic mass is 10.1. The van der Waals surface area contributed by atoms with E-state index in [2.05, 4.69) is 41.7 Å². The molecule has 1 unspecified atom stereocenters. The topological polar surface area (TPSA) is 54.5 Å². The molecule has 1 aromatic heterocycles. The summed E-state index contributed by atoms with van der Waals surface area (Å²) < 4.78 is 2.95. The molecular weight excluding hydrogens is 320 g/mol. The zero-order valence-corrected chi connectivity index (χ0v) is 13.9. The molecule has 1 aliphatic rings. The van der Waals surface area contributed by atoms with Crippen molar-refractivity contribution in [3.8, 4) is 0 Å². The Bertz CT molecular complexity index is 486. The maximum atomic E-state index is 12.8. The summed E-state index contributed by atoms with van der Waals surface area (Å²) in [5, 5.41) is 0. The van der Waals surface area contributed by atoms with Crippen LogP contribution in [0.15, 0.2) is 16.7 Å². The average Bonchev–Trinajstić information content (AvgIpc) is 2.80. The highest BCUT2D eigenvalue weighted by molar-refractivity contribution is 9.10. The molecule has 20 heavy (non-hydrogen) atoms. The highest BCUT2D eigenvalue weighted by atomic mass is 79.9. The normalized spacial score (nSPS) is 20.7. The lowest BCUT2D eigenvalue weighted by Gasteiger charge is -2.39. The number of halogens is 1. The number of aromatic nitrogens is 1. The number of amides is 1. The van der Waals surface area contributed by atoms with Gasteiger partial charge in [-0.15, -0.1) is 0 Å². The second kappa shape index (κ2) is 6.28. The number of carbonyl (C=O) groups is 1. The third-order valence-corrected chi connectivity index (χ3v) is 4.24. The highest BCUT2D eigenvalue weighted by Crippen LogP contribution is 2.22. The van der Waals surface area contributed by atoms with E-state index in [-0.39, 0.29) is 18.0 Å². The van der Waals surface area contributed by atoms with Crippen molar-refractivity contribution < 1.29 is 4.79 Å². The summed E-state index contributed by atoms with van der Waals surface area (Å²) in [6.07, 6.45) is 1.96. The minimum atomic E-state index is 0.0768. The summed E-state index contributed by atoms with van der Waals surface area (Å²) in [5.41, 5.74) is 6.57. The standard InChI is InChI=1S/C14H23BrN4O/c1-10(2)19-8-11(15)6-13(19)14(20)18-5-4-17(3)9-12(18)7-16/h6,8,10,12H,4-5,7,9,16H2,1-3H3. The van der Waals surface area contributed by atoms with E-state index in [0.29, 0.717) is 6.54 Å². The fraction of sp³-hybridized carbons (Fsp3) is 0.643. The largest absolute Gasteiger partial charge is 0.340 e. The highest BCUT2D eigenvalue weighted by Gasteiger charge is 2.30. The number of nitrogens with zero attached hydrogens (tertiary/aromatic N) is 3. The van der Waals surface area contributed by atoms with E-state index in [4.69, 9.17) is 5.73 Å². The molecule has 2 rings (SSSR count). The summed E-state index contributed by atoms with van der Waals surface area (Å²) in [6.45, 7) is 7.12. The van der Waals surface area contributed by atoms with Crippen LogP contribution in [0.1, 0.15) is 30.4 Å². The van der Waals surface area contributed by atoms with Crippen LogP contribution in [-0.4, -0.2) is 59.5 Å². The van der Waals surface area contributed by atoms with Crippen molar-refractivity contribution in [2.75, 3.05) is 33.2 Å². The third-order valence-electron chi connectivity index (χ3n) is 3.81. The van der Waals surface area contributed by atoms with Crippen molar-refractivity contribution in [1.29, 1.82) is 0 Å². The maximum Gasteiger partial charge on any atom is 0.270 e. The molecule has 1 aromatic rings. The first-order valence-electron chi connectivity index (χ1n) is 7.01. The second-order valence-electron chi connectivity index (χ2n) is 5.69. The van der Waals surface area contributed by atoms with Crippen LogP contribution < -0.4 is 5.73 Å². The van der Waals surface area contributed by atoms with Crippen molar-refractivity contribution in [1.82, 2.24) is 14.4 Å². The van der Waals surface area contributed by atoms with Crippen molar-refractivity contribution >= 4 is 21.8 Å². The SMILES string of the molecule is CC(C)n1cc(Br)cc1C(=O)N1CCN(C)CC1CN. The number of rotatable bonds is 3. The third kappa shape index (κ3) is 3.07. The van der Waals surface area contributed by atoms with Gasteiger partial charge in [0.15, 0.2) is 0 Å². The first-order valence-corrected chi connectivity index (χ1v) is 7.80. The average molecular weight is 343 g/mol. The van der Waals surface area contributed by atoms with Gasteiger partial charge in [-0.1, -0.05) is 0 Å². The predicted octanol–water partition coefficient (Wildman–Crippen LogP) is 1.55. The molecule has 112 valence electrons. The Kier molecular flexibility index (Phi) is 4.88. The molecule has 1 amide bonds. The van der Waals surface area contributed by atoms with Gasteiger partial charge in [0.1, 0.15) is 5.69 Å². The van der Waals surface area contributed by atoms with Gasteiger partial charge in [0.25, 0.3) is 5.91 Å². The molecule has 0 radical (unpaired) electrons. The lowest BCUT2D eigenvalue weighted by molar-refractivity contribution is 0.0504. The molecule has 2 heterocycles. The Hall–Kier alpha value is -0.850. The molecule has 1 atom stereocenters. The van der Waals surface area contributed by atoms with Crippen LogP contribution in [0.2, 0.25) is 0 Å². The zero-order valence-electron chi connectivity index (χ0n) is 12.3. The van der Waals surface area contributed by atoms with E-state index in [1.54, 1.807) is 0 Å². The van der Waals surface area contributed by atoms with Gasteiger partial charge in [0, 0.05) is 42.9 Å². The molecule has 1 fully saturated rings. The Morgan fingerprint density at radius 3 is 2.80 bits per heavy atom. The minimum absolute atomic E-state index is 0.0768. The van der Waals surface area contributed by atoms with Crippen molar-refractivity contribution in [3.05, 3.63) is 22.4 Å². The molecular formula is C14H23BrN4O. The van der Waals surface area contributed by atoms with Crippen LogP contribution in [0, 0.1) is 0 Å². The molecule has 0 bridgehead atoms. The van der Waals surface area contributed by atoms with Crippen LogP contribution in [0.4, 0.5) is 0 Å². The zero-order chi connectivity index (χ0) is 14.9. The van der Waals surface area contributed by atoms with Crippen LogP contribution in [0.5, 0.6) is 0 Å². The fourth-order valence-corrected chi connectivity index (χ4v) is 3.11. The van der Waals surface area contributed by atoms with Crippen molar-refractivity contribution in [3.63, 3.8) is 0 Å². The van der Waals surface area contributed by atoms with Crippen molar-refractivity contribution in [2.24, 2.45) is 5.73 Å². The van der Waals surface area contributed by atoms with Crippen molar-refractivity contribution in [2.45, 2.75) is 25.9 Å². The summed E-state index contributed by atoms with van der Waals surface area (Å²) in [6, 6.07) is 2.24. The van der Waals surface area contributed by atoms with E-state index in [0.717, 1.165) is 29.8 Å². The molecule has 0 aromatic carbocycles. The van der Waals surface area contributed by atoms with Gasteiger partial charge in [-0.2, -0.15) is 0 Å². The van der Waals surface area contributed by atoms with Gasteiger partial charge in [-0.05, 0) is 42.9 Å². The predicted molar refractivity (Wildman–Crippen MR) is 83.9 cm³/mol. The van der Waals surface area contributed by atoms with Gasteiger partial charge < -0.3 is 20.1 Å². The summed E-state index contributed by atoms with van der Waals surface area (Å²) in [5.74, 6) is 0.0768. The molecule has 6 heteroatoms. The molecule has 1 aliphatic heterocycles. The van der Waals surface area contributed by atoms with E-state index in [1.165, 1.54) is 0 Å². The van der Waals surface area contributed by atoms with Crippen LogP contribution in [0.3, 0.4) is 0 Å². The Labute approximate surface area is 128 Å². The Morgan fingerprint density at radius 1 is 1.50 bits per heavy atom. The second-order valence-corrected chi connectivity index (χ2v) is 6.61. The van der Waals surface area contributed by atoms with Gasteiger partial charge in [-0.3, -0.25) is 4.79 Å². The number of likely N-dealkylation sites (N-methyl/N-ethyl adjacent to an activating group) is 1. The lowest BCUT2D eigenvalue weighted by Crippen LogP contribution is -2.57. The molecule has 1 saturated heterocycles. The maximum absolute atomic E-state index is 12.8. The van der Waals surface area contributed by atoms with Crippen LogP contribution in [-0.2, 0) is 0 Å². The Morgan fingerprint density at radius 2 is 2.20 bits per heavy atom. The van der Waals surface area contributed by atoms with E-state index >= 15 is 0 Å². The number of hydrogen-bond acceptors (Lipinski definition) is 3. The monoisotopic (exact) mass is 342 g/mol. The molecule has 2 N–H and O–H groups in total. The van der Waals surface area contributed by atoms with Gasteiger partial charge >= 0.3 is 0 Å². The van der Waals surface area contributed by atoms with Gasteiger partial charge in [0.05, 0.1) is 6.04 Å². The molecule has 0 saturated carbocycles.